The molecule has 1 rings (SSSR count). The second-order valence-corrected chi connectivity index (χ2v) is 20.4. The summed E-state index contributed by atoms with van der Waals surface area (Å²) in [6.45, 7) is 3.76. The Labute approximate surface area is 419 Å². The molecule has 0 aromatic heterocycles. The number of ether oxygens (including phenoxy) is 2. The second-order valence-electron chi connectivity index (χ2n) is 20.4. The van der Waals surface area contributed by atoms with E-state index in [1.807, 2.05) is 6.08 Å². The third-order valence-corrected chi connectivity index (χ3v) is 13.9. The first-order chi connectivity index (χ1) is 33.3. The smallest absolute Gasteiger partial charge is 0.220 e. The summed E-state index contributed by atoms with van der Waals surface area (Å²) in [7, 11) is 0. The summed E-state index contributed by atoms with van der Waals surface area (Å²) in [5, 5.41) is 54.4. The minimum Gasteiger partial charge on any atom is -0.394 e. The average Bonchev–Trinajstić information content (AvgIpc) is 3.34. The maximum Gasteiger partial charge on any atom is 0.220 e. The molecular weight excluding hydrogens is 851 g/mol. The van der Waals surface area contributed by atoms with E-state index in [1.54, 1.807) is 6.08 Å². The number of hydrogen-bond donors (Lipinski definition) is 6. The van der Waals surface area contributed by atoms with Gasteiger partial charge in [-0.25, -0.2) is 0 Å². The van der Waals surface area contributed by atoms with Crippen molar-refractivity contribution in [1.82, 2.24) is 5.32 Å². The zero-order chi connectivity index (χ0) is 49.4. The molecule has 0 saturated carbocycles. The number of aliphatic hydroxyl groups is 5. The highest BCUT2D eigenvalue weighted by Crippen LogP contribution is 2.23. The number of nitrogens with one attached hydrogen (secondary N) is 1. The van der Waals surface area contributed by atoms with E-state index in [-0.39, 0.29) is 12.5 Å². The molecule has 0 aliphatic carbocycles. The molecule has 9 heteroatoms. The number of rotatable bonds is 50. The Morgan fingerprint density at radius 3 is 1.25 bits per heavy atom. The van der Waals surface area contributed by atoms with Crippen LogP contribution in [0.4, 0.5) is 0 Å². The highest BCUT2D eigenvalue weighted by molar-refractivity contribution is 5.76. The van der Waals surface area contributed by atoms with Gasteiger partial charge >= 0.3 is 0 Å². The van der Waals surface area contributed by atoms with Gasteiger partial charge in [-0.3, -0.25) is 4.79 Å². The fraction of sp³-hybridized carbons (Fsp3) is 0.881. The summed E-state index contributed by atoms with van der Waals surface area (Å²) in [4.78, 5) is 13.0. The Morgan fingerprint density at radius 2 is 0.838 bits per heavy atom. The van der Waals surface area contributed by atoms with E-state index in [0.717, 1.165) is 57.8 Å². The van der Waals surface area contributed by atoms with E-state index in [2.05, 4.69) is 43.5 Å². The van der Waals surface area contributed by atoms with Gasteiger partial charge in [-0.05, 0) is 57.8 Å². The van der Waals surface area contributed by atoms with Gasteiger partial charge in [-0.15, -0.1) is 0 Å². The molecule has 1 aliphatic heterocycles. The van der Waals surface area contributed by atoms with Crippen LogP contribution in [0.1, 0.15) is 277 Å². The quantitative estimate of drug-likeness (QED) is 0.0261. The van der Waals surface area contributed by atoms with Gasteiger partial charge in [-0.2, -0.15) is 0 Å². The fourth-order valence-electron chi connectivity index (χ4n) is 9.29. The number of unbranched alkanes of at least 4 members (excludes halogenated alkanes) is 36. The molecule has 0 bridgehead atoms. The fourth-order valence-corrected chi connectivity index (χ4v) is 9.29. The van der Waals surface area contributed by atoms with Gasteiger partial charge in [0.25, 0.3) is 0 Å². The molecule has 1 amide bonds. The van der Waals surface area contributed by atoms with E-state index < -0.39 is 49.5 Å². The summed E-state index contributed by atoms with van der Waals surface area (Å²) in [6, 6.07) is -0.825. The van der Waals surface area contributed by atoms with Crippen molar-refractivity contribution in [3.63, 3.8) is 0 Å². The first-order valence-electron chi connectivity index (χ1n) is 29.2. The molecule has 1 heterocycles. The molecule has 1 aliphatic rings. The molecule has 68 heavy (non-hydrogen) atoms. The normalized spacial score (nSPS) is 19.8. The summed E-state index contributed by atoms with van der Waals surface area (Å²) in [5.74, 6) is -0.195. The monoisotopic (exact) mass is 962 g/mol. The van der Waals surface area contributed by atoms with E-state index >= 15 is 0 Å². The molecule has 0 aromatic rings. The number of hydrogen-bond acceptors (Lipinski definition) is 8. The van der Waals surface area contributed by atoms with Crippen LogP contribution in [-0.4, -0.2) is 87.5 Å². The lowest BCUT2D eigenvalue weighted by Gasteiger charge is -2.40. The average molecular weight is 963 g/mol. The highest BCUT2D eigenvalue weighted by atomic mass is 16.7. The Balaban J connectivity index is 2.16. The number of allylic oxidation sites excluding steroid dienone is 5. The second kappa shape index (κ2) is 49.0. The lowest BCUT2D eigenvalue weighted by Crippen LogP contribution is -2.60. The molecule has 0 radical (unpaired) electrons. The van der Waals surface area contributed by atoms with Crippen molar-refractivity contribution < 1.29 is 39.8 Å². The Kier molecular flexibility index (Phi) is 46.4. The minimum atomic E-state index is -1.57. The van der Waals surface area contributed by atoms with Crippen molar-refractivity contribution in [2.24, 2.45) is 0 Å². The van der Waals surface area contributed by atoms with Crippen LogP contribution >= 0.6 is 0 Å². The maximum atomic E-state index is 13.0. The third-order valence-electron chi connectivity index (χ3n) is 13.9. The van der Waals surface area contributed by atoms with Gasteiger partial charge in [0.1, 0.15) is 24.4 Å². The third kappa shape index (κ3) is 38.1. The largest absolute Gasteiger partial charge is 0.394 e. The van der Waals surface area contributed by atoms with Crippen LogP contribution in [0.25, 0.3) is 0 Å². The van der Waals surface area contributed by atoms with Crippen molar-refractivity contribution in [3.05, 3.63) is 36.5 Å². The first kappa shape index (κ1) is 64.4. The number of amides is 1. The molecular formula is C59H111NO8. The van der Waals surface area contributed by atoms with Crippen molar-refractivity contribution in [1.29, 1.82) is 0 Å². The van der Waals surface area contributed by atoms with Crippen LogP contribution in [-0.2, 0) is 14.3 Å². The summed E-state index contributed by atoms with van der Waals surface area (Å²) in [6.07, 6.45) is 56.7. The van der Waals surface area contributed by atoms with Gasteiger partial charge in [0, 0.05) is 6.42 Å². The van der Waals surface area contributed by atoms with Crippen molar-refractivity contribution >= 4 is 5.91 Å². The topological polar surface area (TPSA) is 149 Å². The van der Waals surface area contributed by atoms with Crippen LogP contribution in [0.5, 0.6) is 0 Å². The minimum absolute atomic E-state index is 0.195. The van der Waals surface area contributed by atoms with Crippen LogP contribution in [0.15, 0.2) is 36.5 Å². The van der Waals surface area contributed by atoms with Gasteiger partial charge in [0.2, 0.25) is 5.91 Å². The lowest BCUT2D eigenvalue weighted by molar-refractivity contribution is -0.302. The van der Waals surface area contributed by atoms with Crippen LogP contribution in [0.2, 0.25) is 0 Å². The first-order valence-corrected chi connectivity index (χ1v) is 29.2. The lowest BCUT2D eigenvalue weighted by atomic mass is 9.99. The Morgan fingerprint density at radius 1 is 0.485 bits per heavy atom. The van der Waals surface area contributed by atoms with Crippen molar-refractivity contribution in [2.45, 2.75) is 320 Å². The zero-order valence-corrected chi connectivity index (χ0v) is 44.4. The maximum absolute atomic E-state index is 13.0. The number of carbonyl (C=O) groups excluding carboxylic acids is 1. The van der Waals surface area contributed by atoms with Crippen molar-refractivity contribution in [2.75, 3.05) is 13.2 Å². The molecule has 400 valence electrons. The molecule has 1 saturated heterocycles. The van der Waals surface area contributed by atoms with Crippen LogP contribution in [0.3, 0.4) is 0 Å². The SMILES string of the molecule is CCCCCC/C=C\CCCCCCCC(=O)NC(COC1OC(CO)C(O)C(O)C1O)C(O)/C=C/CC/C=C/CCCCCCCCCCCCCCCCCCCCCCCCCCCC. The summed E-state index contributed by atoms with van der Waals surface area (Å²) in [5.41, 5.74) is 0. The highest BCUT2D eigenvalue weighted by Gasteiger charge is 2.44. The van der Waals surface area contributed by atoms with Gasteiger partial charge in [-0.1, -0.05) is 249 Å². The van der Waals surface area contributed by atoms with Crippen molar-refractivity contribution in [3.8, 4) is 0 Å². The number of aliphatic hydroxyl groups excluding tert-OH is 5. The summed E-state index contributed by atoms with van der Waals surface area (Å²) < 4.78 is 11.2. The molecule has 0 aromatic carbocycles. The molecule has 0 spiro atoms. The van der Waals surface area contributed by atoms with Crippen LogP contribution in [0, 0.1) is 0 Å². The molecule has 6 N–H and O–H groups in total. The van der Waals surface area contributed by atoms with Crippen LogP contribution < -0.4 is 5.32 Å². The summed E-state index contributed by atoms with van der Waals surface area (Å²) >= 11 is 0. The Bertz CT molecular complexity index is 1160. The number of carbonyl (C=O) groups is 1. The Hall–Kier alpha value is -1.59. The molecule has 9 nitrogen and oxygen atoms in total. The van der Waals surface area contributed by atoms with Gasteiger partial charge < -0.3 is 40.3 Å². The van der Waals surface area contributed by atoms with E-state index in [0.29, 0.717) is 6.42 Å². The van der Waals surface area contributed by atoms with Gasteiger partial charge in [0.15, 0.2) is 6.29 Å². The van der Waals surface area contributed by atoms with E-state index in [1.165, 1.54) is 199 Å². The molecule has 7 atom stereocenters. The zero-order valence-electron chi connectivity index (χ0n) is 44.4. The predicted molar refractivity (Wildman–Crippen MR) is 286 cm³/mol. The van der Waals surface area contributed by atoms with E-state index in [4.69, 9.17) is 9.47 Å². The molecule has 1 fully saturated rings. The van der Waals surface area contributed by atoms with E-state index in [9.17, 15) is 30.3 Å². The predicted octanol–water partition coefficient (Wildman–Crippen LogP) is 14.4. The standard InChI is InChI=1S/C59H111NO8/c1-3-5-7-9-11-13-15-17-18-19-20-21-22-23-24-25-26-27-28-29-30-31-32-33-34-35-37-38-40-42-44-46-48-53(62)52(51-67-59-58(66)57(65)56(64)54(50-61)68-59)60-55(63)49-47-45-43-41-39-36-16-14-12-10-8-6-4-2/h14,16,38,40,46,48,52-54,56-59,61-62,64-66H,3-13,15,17-37,39,41-45,47,49-51H2,1-2H3,(H,60,63)/b16-14-,40-38+,48-46+. The van der Waals surface area contributed by atoms with Gasteiger partial charge in [0.05, 0.1) is 25.4 Å². The molecule has 7 unspecified atom stereocenters.